The molecule has 2 N–H and O–H groups in total. The summed E-state index contributed by atoms with van der Waals surface area (Å²) < 4.78 is 5.19. The number of hydrogen-bond acceptors (Lipinski definition) is 4. The lowest BCUT2D eigenvalue weighted by molar-refractivity contribution is -0.133. The van der Waals surface area contributed by atoms with E-state index in [4.69, 9.17) is 16.3 Å². The molecule has 1 aromatic carbocycles. The first kappa shape index (κ1) is 14.8. The van der Waals surface area contributed by atoms with Gasteiger partial charge < -0.3 is 15.4 Å². The monoisotopic (exact) mass is 323 g/mol. The highest BCUT2D eigenvalue weighted by Gasteiger charge is 2.53. The SMILES string of the molecule is O=C(CN1C(=O)N[C@@]2(CCOC2)C1=O)Nc1ccc(Cl)cc1. The first-order valence-electron chi connectivity index (χ1n) is 6.77. The van der Waals surface area contributed by atoms with Gasteiger partial charge in [0.15, 0.2) is 0 Å². The molecule has 2 fully saturated rings. The maximum atomic E-state index is 12.3. The van der Waals surface area contributed by atoms with E-state index in [-0.39, 0.29) is 13.2 Å². The molecule has 1 atom stereocenters. The molecule has 116 valence electrons. The first-order valence-corrected chi connectivity index (χ1v) is 7.15. The van der Waals surface area contributed by atoms with E-state index in [2.05, 4.69) is 10.6 Å². The number of amides is 4. The van der Waals surface area contributed by atoms with E-state index >= 15 is 0 Å². The Kier molecular flexibility index (Phi) is 3.76. The number of nitrogens with zero attached hydrogens (tertiary/aromatic N) is 1. The summed E-state index contributed by atoms with van der Waals surface area (Å²) >= 11 is 5.76. The standard InChI is InChI=1S/C14H14ClN3O4/c15-9-1-3-10(4-2-9)16-11(19)7-18-12(20)14(17-13(18)21)5-6-22-8-14/h1-4H,5-8H2,(H,16,19)(H,17,21)/t14-/m1/s1. The van der Waals surface area contributed by atoms with E-state index in [1.807, 2.05) is 0 Å². The number of rotatable bonds is 3. The van der Waals surface area contributed by atoms with Gasteiger partial charge in [-0.2, -0.15) is 0 Å². The molecule has 3 rings (SSSR count). The maximum Gasteiger partial charge on any atom is 0.325 e. The Bertz CT molecular complexity index is 625. The van der Waals surface area contributed by atoms with Crippen LogP contribution in [0.1, 0.15) is 6.42 Å². The van der Waals surface area contributed by atoms with Crippen molar-refractivity contribution in [2.45, 2.75) is 12.0 Å². The zero-order valence-corrected chi connectivity index (χ0v) is 12.4. The van der Waals surface area contributed by atoms with Gasteiger partial charge in [0, 0.05) is 23.7 Å². The average molecular weight is 324 g/mol. The summed E-state index contributed by atoms with van der Waals surface area (Å²) in [5.41, 5.74) is -0.460. The Hall–Kier alpha value is -2.12. The van der Waals surface area contributed by atoms with Crippen LogP contribution in [-0.2, 0) is 14.3 Å². The zero-order valence-electron chi connectivity index (χ0n) is 11.6. The minimum atomic E-state index is -1.00. The summed E-state index contributed by atoms with van der Waals surface area (Å²) in [6.45, 7) is 0.221. The van der Waals surface area contributed by atoms with Gasteiger partial charge in [-0.25, -0.2) is 4.79 Å². The van der Waals surface area contributed by atoms with Gasteiger partial charge >= 0.3 is 6.03 Å². The maximum absolute atomic E-state index is 12.3. The van der Waals surface area contributed by atoms with Crippen LogP contribution in [0.4, 0.5) is 10.5 Å². The third kappa shape index (κ3) is 2.65. The lowest BCUT2D eigenvalue weighted by Gasteiger charge is -2.18. The summed E-state index contributed by atoms with van der Waals surface area (Å²) in [4.78, 5) is 37.2. The molecule has 0 bridgehead atoms. The molecule has 0 aliphatic carbocycles. The Labute approximate surface area is 131 Å². The first-order chi connectivity index (χ1) is 10.5. The van der Waals surface area contributed by atoms with Crippen molar-refractivity contribution in [3.8, 4) is 0 Å². The van der Waals surface area contributed by atoms with Crippen molar-refractivity contribution in [2.24, 2.45) is 0 Å². The van der Waals surface area contributed by atoms with Crippen molar-refractivity contribution >= 4 is 35.1 Å². The van der Waals surface area contributed by atoms with Crippen molar-refractivity contribution < 1.29 is 19.1 Å². The number of carbonyl (C=O) groups excluding carboxylic acids is 3. The number of carbonyl (C=O) groups is 3. The van der Waals surface area contributed by atoms with E-state index in [1.165, 1.54) is 0 Å². The second-order valence-corrected chi connectivity index (χ2v) is 5.70. The number of imide groups is 1. The predicted octanol–water partition coefficient (Wildman–Crippen LogP) is 0.989. The molecular formula is C14H14ClN3O4. The number of halogens is 1. The number of benzene rings is 1. The molecule has 7 nitrogen and oxygen atoms in total. The van der Waals surface area contributed by atoms with E-state index in [0.29, 0.717) is 23.7 Å². The van der Waals surface area contributed by atoms with Gasteiger partial charge in [-0.1, -0.05) is 11.6 Å². The zero-order chi connectivity index (χ0) is 15.7. The molecule has 8 heteroatoms. The van der Waals surface area contributed by atoms with Crippen LogP contribution in [0.25, 0.3) is 0 Å². The van der Waals surface area contributed by atoms with Gasteiger partial charge in [-0.05, 0) is 24.3 Å². The van der Waals surface area contributed by atoms with Crippen LogP contribution >= 0.6 is 11.6 Å². The van der Waals surface area contributed by atoms with Crippen molar-refractivity contribution in [2.75, 3.05) is 25.1 Å². The molecule has 2 heterocycles. The fraction of sp³-hybridized carbons (Fsp3) is 0.357. The number of ether oxygens (including phenoxy) is 1. The number of hydrogen-bond donors (Lipinski definition) is 2. The number of nitrogens with one attached hydrogen (secondary N) is 2. The Morgan fingerprint density at radius 1 is 1.36 bits per heavy atom. The molecule has 4 amide bonds. The highest BCUT2D eigenvalue weighted by molar-refractivity contribution is 6.30. The van der Waals surface area contributed by atoms with E-state index in [9.17, 15) is 14.4 Å². The van der Waals surface area contributed by atoms with Crippen molar-refractivity contribution in [3.63, 3.8) is 0 Å². The summed E-state index contributed by atoms with van der Waals surface area (Å²) in [5.74, 6) is -0.872. The van der Waals surface area contributed by atoms with Crippen LogP contribution in [0.3, 0.4) is 0 Å². The lowest BCUT2D eigenvalue weighted by Crippen LogP contribution is -2.48. The fourth-order valence-corrected chi connectivity index (χ4v) is 2.66. The van der Waals surface area contributed by atoms with E-state index in [1.54, 1.807) is 24.3 Å². The van der Waals surface area contributed by atoms with Crippen molar-refractivity contribution in [3.05, 3.63) is 29.3 Å². The number of anilines is 1. The molecule has 0 radical (unpaired) electrons. The third-order valence-corrected chi connectivity index (χ3v) is 3.95. The molecule has 0 saturated carbocycles. The highest BCUT2D eigenvalue weighted by Crippen LogP contribution is 2.26. The van der Waals surface area contributed by atoms with Crippen LogP contribution < -0.4 is 10.6 Å². The molecule has 22 heavy (non-hydrogen) atoms. The molecule has 0 aromatic heterocycles. The lowest BCUT2D eigenvalue weighted by atomic mass is 9.99. The molecule has 2 saturated heterocycles. The van der Waals surface area contributed by atoms with Gasteiger partial charge in [-0.3, -0.25) is 14.5 Å². The van der Waals surface area contributed by atoms with Crippen LogP contribution in [0.15, 0.2) is 24.3 Å². The summed E-state index contributed by atoms with van der Waals surface area (Å²) in [6, 6.07) is 5.98. The minimum Gasteiger partial charge on any atom is -0.378 e. The molecule has 0 unspecified atom stereocenters. The Morgan fingerprint density at radius 2 is 2.09 bits per heavy atom. The van der Waals surface area contributed by atoms with E-state index in [0.717, 1.165) is 4.90 Å². The largest absolute Gasteiger partial charge is 0.378 e. The quantitative estimate of drug-likeness (QED) is 0.812. The smallest absolute Gasteiger partial charge is 0.325 e. The number of urea groups is 1. The summed E-state index contributed by atoms with van der Waals surface area (Å²) in [5, 5.41) is 5.79. The van der Waals surface area contributed by atoms with Gasteiger partial charge in [0.25, 0.3) is 5.91 Å². The summed E-state index contributed by atoms with van der Waals surface area (Å²) in [6.07, 6.45) is 0.423. The van der Waals surface area contributed by atoms with Crippen LogP contribution in [0.5, 0.6) is 0 Å². The van der Waals surface area contributed by atoms with E-state index < -0.39 is 23.4 Å². The molecule has 1 aromatic rings. The second kappa shape index (κ2) is 5.58. The summed E-state index contributed by atoms with van der Waals surface area (Å²) in [7, 11) is 0. The molecule has 1 spiro atoms. The normalized spacial score (nSPS) is 24.0. The average Bonchev–Trinajstić information content (AvgIpc) is 3.03. The van der Waals surface area contributed by atoms with Gasteiger partial charge in [0.1, 0.15) is 12.1 Å². The fourth-order valence-electron chi connectivity index (χ4n) is 2.53. The minimum absolute atomic E-state index is 0.146. The van der Waals surface area contributed by atoms with Crippen LogP contribution in [-0.4, -0.2) is 48.0 Å². The van der Waals surface area contributed by atoms with Crippen molar-refractivity contribution in [1.82, 2.24) is 10.2 Å². The van der Waals surface area contributed by atoms with Gasteiger partial charge in [0.05, 0.1) is 6.61 Å². The molecular weight excluding hydrogens is 310 g/mol. The van der Waals surface area contributed by atoms with Gasteiger partial charge in [-0.15, -0.1) is 0 Å². The van der Waals surface area contributed by atoms with Gasteiger partial charge in [0.2, 0.25) is 5.91 Å². The Balaban J connectivity index is 1.65. The molecule has 2 aliphatic rings. The predicted molar refractivity (Wildman–Crippen MR) is 78.5 cm³/mol. The molecule has 2 aliphatic heterocycles. The topological polar surface area (TPSA) is 87.7 Å². The second-order valence-electron chi connectivity index (χ2n) is 5.26. The third-order valence-electron chi connectivity index (χ3n) is 3.70. The Morgan fingerprint density at radius 3 is 2.73 bits per heavy atom. The van der Waals surface area contributed by atoms with Crippen LogP contribution in [0.2, 0.25) is 5.02 Å². The van der Waals surface area contributed by atoms with Crippen LogP contribution in [0, 0.1) is 0 Å². The van der Waals surface area contributed by atoms with Crippen molar-refractivity contribution in [1.29, 1.82) is 0 Å². The highest BCUT2D eigenvalue weighted by atomic mass is 35.5.